The maximum atomic E-state index is 12.1. The fourth-order valence-electron chi connectivity index (χ4n) is 2.09. The van der Waals surface area contributed by atoms with Crippen molar-refractivity contribution < 1.29 is 14.3 Å². The van der Waals surface area contributed by atoms with Crippen molar-refractivity contribution in [3.05, 3.63) is 34.9 Å². The van der Waals surface area contributed by atoms with Crippen LogP contribution in [-0.2, 0) is 14.3 Å². The van der Waals surface area contributed by atoms with Gasteiger partial charge in [-0.15, -0.1) is 11.8 Å². The number of ether oxygens (including phenoxy) is 1. The van der Waals surface area contributed by atoms with Gasteiger partial charge in [-0.3, -0.25) is 9.59 Å². The van der Waals surface area contributed by atoms with Gasteiger partial charge in [0.25, 0.3) is 0 Å². The van der Waals surface area contributed by atoms with Crippen LogP contribution >= 0.6 is 23.4 Å². The van der Waals surface area contributed by atoms with Gasteiger partial charge in [-0.05, 0) is 17.7 Å². The number of nitrogens with zero attached hydrogens (tertiary/aromatic N) is 1. The lowest BCUT2D eigenvalue weighted by atomic mass is 10.1. The number of primary amides is 1. The van der Waals surface area contributed by atoms with Gasteiger partial charge in [0.1, 0.15) is 6.10 Å². The molecular weight excluding hydrogens is 312 g/mol. The maximum absolute atomic E-state index is 12.1. The maximum Gasteiger partial charge on any atom is 0.232 e. The summed E-state index contributed by atoms with van der Waals surface area (Å²) in [7, 11) is 0. The van der Waals surface area contributed by atoms with Gasteiger partial charge in [0.05, 0.1) is 24.7 Å². The van der Waals surface area contributed by atoms with Crippen molar-refractivity contribution in [1.82, 2.24) is 4.90 Å². The molecule has 1 aliphatic heterocycles. The molecule has 0 bridgehead atoms. The van der Waals surface area contributed by atoms with E-state index >= 15 is 0 Å². The molecule has 114 valence electrons. The number of hydrogen-bond acceptors (Lipinski definition) is 4. The quantitative estimate of drug-likeness (QED) is 0.888. The number of hydrogen-bond donors (Lipinski definition) is 1. The van der Waals surface area contributed by atoms with E-state index in [1.807, 2.05) is 24.3 Å². The second-order valence-corrected chi connectivity index (χ2v) is 6.13. The topological polar surface area (TPSA) is 72.6 Å². The van der Waals surface area contributed by atoms with Gasteiger partial charge < -0.3 is 15.4 Å². The van der Waals surface area contributed by atoms with Crippen molar-refractivity contribution >= 4 is 35.2 Å². The Balaban J connectivity index is 1.89. The average Bonchev–Trinajstić information content (AvgIpc) is 2.47. The van der Waals surface area contributed by atoms with E-state index < -0.39 is 5.91 Å². The molecule has 2 amide bonds. The lowest BCUT2D eigenvalue weighted by molar-refractivity contribution is -0.136. The molecule has 1 aromatic rings. The summed E-state index contributed by atoms with van der Waals surface area (Å²) < 4.78 is 5.71. The second kappa shape index (κ2) is 7.68. The molecule has 1 aromatic carbocycles. The Hall–Kier alpha value is -1.24. The number of carbonyl (C=O) groups excluding carboxylic acids is 2. The predicted octanol–water partition coefficient (Wildman–Crippen LogP) is 1.46. The highest BCUT2D eigenvalue weighted by Crippen LogP contribution is 2.24. The molecule has 1 fully saturated rings. The molecule has 1 saturated heterocycles. The Morgan fingerprint density at radius 1 is 1.33 bits per heavy atom. The number of morpholine rings is 1. The summed E-state index contributed by atoms with van der Waals surface area (Å²) in [5.41, 5.74) is 6.05. The van der Waals surface area contributed by atoms with Gasteiger partial charge >= 0.3 is 0 Å². The smallest absolute Gasteiger partial charge is 0.232 e. The molecule has 0 aromatic heterocycles. The lowest BCUT2D eigenvalue weighted by Crippen LogP contribution is -2.43. The number of nitrogens with two attached hydrogens (primary N) is 1. The number of carbonyl (C=O) groups is 2. The van der Waals surface area contributed by atoms with Gasteiger partial charge in [0.15, 0.2) is 0 Å². The van der Waals surface area contributed by atoms with Crippen molar-refractivity contribution in [3.63, 3.8) is 0 Å². The minimum absolute atomic E-state index is 0.00325. The summed E-state index contributed by atoms with van der Waals surface area (Å²) in [4.78, 5) is 24.5. The summed E-state index contributed by atoms with van der Waals surface area (Å²) in [5, 5.41) is 0.672. The molecule has 0 saturated carbocycles. The van der Waals surface area contributed by atoms with Crippen LogP contribution in [0.25, 0.3) is 0 Å². The predicted molar refractivity (Wildman–Crippen MR) is 83.2 cm³/mol. The average molecular weight is 329 g/mol. The van der Waals surface area contributed by atoms with Crippen molar-refractivity contribution in [2.75, 3.05) is 31.2 Å². The Kier molecular flexibility index (Phi) is 5.90. The van der Waals surface area contributed by atoms with E-state index in [0.717, 1.165) is 5.56 Å². The first-order chi connectivity index (χ1) is 10.1. The van der Waals surface area contributed by atoms with Crippen molar-refractivity contribution in [1.29, 1.82) is 0 Å². The van der Waals surface area contributed by atoms with Crippen LogP contribution in [0, 0.1) is 0 Å². The number of thioether (sulfide) groups is 1. The largest absolute Gasteiger partial charge is 0.370 e. The first-order valence-corrected chi connectivity index (χ1v) is 8.10. The summed E-state index contributed by atoms with van der Waals surface area (Å²) in [6.45, 7) is 1.58. The summed E-state index contributed by atoms with van der Waals surface area (Å²) in [5.74, 6) is 0.0183. The Bertz CT molecular complexity index is 509. The van der Waals surface area contributed by atoms with Gasteiger partial charge in [-0.25, -0.2) is 0 Å². The zero-order valence-electron chi connectivity index (χ0n) is 11.5. The van der Waals surface area contributed by atoms with E-state index in [1.165, 1.54) is 11.8 Å². The molecule has 1 heterocycles. The summed E-state index contributed by atoms with van der Waals surface area (Å²) in [6, 6.07) is 7.43. The minimum Gasteiger partial charge on any atom is -0.370 e. The van der Waals surface area contributed by atoms with Crippen LogP contribution in [0.4, 0.5) is 0 Å². The molecule has 1 aliphatic rings. The van der Waals surface area contributed by atoms with E-state index in [-0.39, 0.29) is 23.5 Å². The zero-order valence-corrected chi connectivity index (χ0v) is 13.0. The fraction of sp³-hybridized carbons (Fsp3) is 0.429. The lowest BCUT2D eigenvalue weighted by Gasteiger charge is -2.33. The SMILES string of the molecule is NC(=O)CSCC(=O)N1CCOC(c2ccc(Cl)cc2)C1. The third kappa shape index (κ3) is 4.91. The molecular formula is C14H17ClN2O3S. The highest BCUT2D eigenvalue weighted by atomic mass is 35.5. The molecule has 0 radical (unpaired) electrons. The van der Waals surface area contributed by atoms with Crippen LogP contribution in [0.1, 0.15) is 11.7 Å². The molecule has 2 rings (SSSR count). The van der Waals surface area contributed by atoms with Crippen LogP contribution in [0.5, 0.6) is 0 Å². The molecule has 21 heavy (non-hydrogen) atoms. The second-order valence-electron chi connectivity index (χ2n) is 4.71. The monoisotopic (exact) mass is 328 g/mol. The van der Waals surface area contributed by atoms with Crippen LogP contribution in [-0.4, -0.2) is 47.9 Å². The molecule has 5 nitrogen and oxygen atoms in total. The van der Waals surface area contributed by atoms with Crippen LogP contribution in [0.15, 0.2) is 24.3 Å². The van der Waals surface area contributed by atoms with Crippen LogP contribution < -0.4 is 5.73 Å². The van der Waals surface area contributed by atoms with Gasteiger partial charge in [0.2, 0.25) is 11.8 Å². The van der Waals surface area contributed by atoms with E-state index in [2.05, 4.69) is 0 Å². The molecule has 0 aliphatic carbocycles. The standard InChI is InChI=1S/C14H17ClN2O3S/c15-11-3-1-10(2-4-11)12-7-17(5-6-20-12)14(19)9-21-8-13(16)18/h1-4,12H,5-9H2,(H2,16,18). The first kappa shape index (κ1) is 16.1. The van der Waals surface area contributed by atoms with E-state index in [1.54, 1.807) is 4.90 Å². The number of amides is 2. The molecule has 7 heteroatoms. The number of rotatable bonds is 5. The molecule has 1 atom stereocenters. The number of halogens is 1. The number of benzene rings is 1. The van der Waals surface area contributed by atoms with Crippen molar-refractivity contribution in [3.8, 4) is 0 Å². The third-order valence-electron chi connectivity index (χ3n) is 3.13. The first-order valence-electron chi connectivity index (χ1n) is 6.57. The molecule has 2 N–H and O–H groups in total. The van der Waals surface area contributed by atoms with E-state index in [4.69, 9.17) is 22.1 Å². The van der Waals surface area contributed by atoms with Gasteiger partial charge in [-0.2, -0.15) is 0 Å². The van der Waals surface area contributed by atoms with Gasteiger partial charge in [-0.1, -0.05) is 23.7 Å². The van der Waals surface area contributed by atoms with Gasteiger partial charge in [0, 0.05) is 11.6 Å². The normalized spacial score (nSPS) is 18.5. The van der Waals surface area contributed by atoms with E-state index in [0.29, 0.717) is 24.7 Å². The fourth-order valence-corrected chi connectivity index (χ4v) is 2.87. The van der Waals surface area contributed by atoms with Crippen molar-refractivity contribution in [2.24, 2.45) is 5.73 Å². The Morgan fingerprint density at radius 3 is 2.71 bits per heavy atom. The highest BCUT2D eigenvalue weighted by Gasteiger charge is 2.25. The highest BCUT2D eigenvalue weighted by molar-refractivity contribution is 8.00. The molecule has 0 spiro atoms. The van der Waals surface area contributed by atoms with Crippen LogP contribution in [0.3, 0.4) is 0 Å². The molecule has 1 unspecified atom stereocenters. The Morgan fingerprint density at radius 2 is 2.05 bits per heavy atom. The van der Waals surface area contributed by atoms with E-state index in [9.17, 15) is 9.59 Å². The van der Waals surface area contributed by atoms with Crippen molar-refractivity contribution in [2.45, 2.75) is 6.10 Å². The zero-order chi connectivity index (χ0) is 15.2. The summed E-state index contributed by atoms with van der Waals surface area (Å²) in [6.07, 6.45) is -0.138. The Labute approximate surface area is 132 Å². The third-order valence-corrected chi connectivity index (χ3v) is 4.32. The van der Waals surface area contributed by atoms with Crippen LogP contribution in [0.2, 0.25) is 5.02 Å². The summed E-state index contributed by atoms with van der Waals surface area (Å²) >= 11 is 7.10. The minimum atomic E-state index is -0.409.